The maximum Gasteiger partial charge on any atom is 0.272 e. The second-order valence-electron chi connectivity index (χ2n) is 6.21. The molecule has 7 nitrogen and oxygen atoms in total. The van der Waals surface area contributed by atoms with Crippen LogP contribution in [0.3, 0.4) is 0 Å². The third-order valence-corrected chi connectivity index (χ3v) is 4.48. The lowest BCUT2D eigenvalue weighted by atomic mass is 10.1. The van der Waals surface area contributed by atoms with Crippen LogP contribution in [0.25, 0.3) is 0 Å². The van der Waals surface area contributed by atoms with Crippen molar-refractivity contribution >= 4 is 5.91 Å². The van der Waals surface area contributed by atoms with Crippen LogP contribution in [0.15, 0.2) is 18.2 Å². The first kappa shape index (κ1) is 15.0. The standard InChI is InChI=1S/C17H20N4O3/c1-21-7-5-13-12(9-21)16(20-19-13)17(22)18-6-4-11-2-3-14-15(8-11)24-10-23-14/h2-3,8H,4-7,9-10H2,1H3,(H,18,22)(H,19,20). The van der Waals surface area contributed by atoms with Gasteiger partial charge in [-0.05, 0) is 31.2 Å². The van der Waals surface area contributed by atoms with Crippen molar-refractivity contribution in [3.05, 3.63) is 40.7 Å². The van der Waals surface area contributed by atoms with Gasteiger partial charge in [-0.15, -0.1) is 0 Å². The number of carbonyl (C=O) groups is 1. The van der Waals surface area contributed by atoms with Crippen LogP contribution in [0.2, 0.25) is 0 Å². The number of fused-ring (bicyclic) bond motifs is 2. The van der Waals surface area contributed by atoms with E-state index < -0.39 is 0 Å². The van der Waals surface area contributed by atoms with Gasteiger partial charge in [0.2, 0.25) is 6.79 Å². The molecule has 2 aliphatic heterocycles. The molecule has 2 aromatic rings. The van der Waals surface area contributed by atoms with Gasteiger partial charge in [0, 0.05) is 37.3 Å². The monoisotopic (exact) mass is 328 g/mol. The summed E-state index contributed by atoms with van der Waals surface area (Å²) < 4.78 is 10.7. The Morgan fingerprint density at radius 1 is 1.38 bits per heavy atom. The van der Waals surface area contributed by atoms with Crippen LogP contribution < -0.4 is 14.8 Å². The summed E-state index contributed by atoms with van der Waals surface area (Å²) in [5, 5.41) is 10.2. The summed E-state index contributed by atoms with van der Waals surface area (Å²) in [6.45, 7) is 2.57. The maximum absolute atomic E-state index is 12.4. The summed E-state index contributed by atoms with van der Waals surface area (Å²) in [5.74, 6) is 1.42. The average molecular weight is 328 g/mol. The lowest BCUT2D eigenvalue weighted by Crippen LogP contribution is -2.30. The van der Waals surface area contributed by atoms with E-state index in [-0.39, 0.29) is 12.7 Å². The Bertz CT molecular complexity index is 771. The molecule has 3 heterocycles. The third-order valence-electron chi connectivity index (χ3n) is 4.48. The fourth-order valence-corrected chi connectivity index (χ4v) is 3.12. The predicted octanol–water partition coefficient (Wildman–Crippen LogP) is 1.10. The van der Waals surface area contributed by atoms with E-state index in [9.17, 15) is 4.79 Å². The van der Waals surface area contributed by atoms with Gasteiger partial charge >= 0.3 is 0 Å². The van der Waals surface area contributed by atoms with Crippen LogP contribution in [0.5, 0.6) is 11.5 Å². The summed E-state index contributed by atoms with van der Waals surface area (Å²) >= 11 is 0. The van der Waals surface area contributed by atoms with Crippen LogP contribution in [0.4, 0.5) is 0 Å². The first-order valence-corrected chi connectivity index (χ1v) is 8.12. The summed E-state index contributed by atoms with van der Waals surface area (Å²) in [5.41, 5.74) is 3.71. The Kier molecular flexibility index (Phi) is 3.86. The van der Waals surface area contributed by atoms with Crippen molar-refractivity contribution in [2.45, 2.75) is 19.4 Å². The molecule has 0 radical (unpaired) electrons. The van der Waals surface area contributed by atoms with Gasteiger partial charge in [0.05, 0.1) is 0 Å². The largest absolute Gasteiger partial charge is 0.454 e. The number of hydrogen-bond acceptors (Lipinski definition) is 5. The molecule has 4 rings (SSSR count). The van der Waals surface area contributed by atoms with Crippen LogP contribution in [0.1, 0.15) is 27.3 Å². The Hall–Kier alpha value is -2.54. The molecule has 2 N–H and O–H groups in total. The van der Waals surface area contributed by atoms with Gasteiger partial charge in [0.1, 0.15) is 0 Å². The number of benzene rings is 1. The topological polar surface area (TPSA) is 79.5 Å². The second-order valence-corrected chi connectivity index (χ2v) is 6.21. The number of H-pyrrole nitrogens is 1. The number of amides is 1. The molecule has 0 bridgehead atoms. The molecule has 0 atom stereocenters. The fourth-order valence-electron chi connectivity index (χ4n) is 3.12. The molecule has 1 aromatic carbocycles. The summed E-state index contributed by atoms with van der Waals surface area (Å²) in [4.78, 5) is 14.6. The highest BCUT2D eigenvalue weighted by Gasteiger charge is 2.23. The number of hydrogen-bond donors (Lipinski definition) is 2. The first-order chi connectivity index (χ1) is 11.7. The molecule has 24 heavy (non-hydrogen) atoms. The van der Waals surface area contributed by atoms with Crippen molar-refractivity contribution < 1.29 is 14.3 Å². The molecule has 2 aliphatic rings. The zero-order chi connectivity index (χ0) is 16.5. The molecule has 0 saturated heterocycles. The van der Waals surface area contributed by atoms with Gasteiger partial charge in [-0.3, -0.25) is 9.89 Å². The molecule has 1 amide bonds. The summed E-state index contributed by atoms with van der Waals surface area (Å²) in [6.07, 6.45) is 1.64. The van der Waals surface area contributed by atoms with E-state index in [1.807, 2.05) is 18.2 Å². The quantitative estimate of drug-likeness (QED) is 0.879. The second kappa shape index (κ2) is 6.16. The van der Waals surface area contributed by atoms with E-state index in [1.165, 1.54) is 0 Å². The summed E-state index contributed by atoms with van der Waals surface area (Å²) in [7, 11) is 2.05. The lowest BCUT2D eigenvalue weighted by molar-refractivity contribution is 0.0947. The molecule has 0 aliphatic carbocycles. The number of aromatic nitrogens is 2. The molecule has 0 spiro atoms. The van der Waals surface area contributed by atoms with E-state index in [0.29, 0.717) is 12.2 Å². The van der Waals surface area contributed by atoms with Crippen molar-refractivity contribution in [1.82, 2.24) is 20.4 Å². The maximum atomic E-state index is 12.4. The van der Waals surface area contributed by atoms with Gasteiger partial charge in [0.15, 0.2) is 17.2 Å². The normalized spacial score (nSPS) is 16.0. The molecule has 0 fully saturated rings. The van der Waals surface area contributed by atoms with E-state index in [4.69, 9.17) is 9.47 Å². The number of nitrogens with one attached hydrogen (secondary N) is 2. The Morgan fingerprint density at radius 2 is 2.25 bits per heavy atom. The third kappa shape index (κ3) is 2.82. The van der Waals surface area contributed by atoms with Gasteiger partial charge in [-0.1, -0.05) is 6.07 Å². The van der Waals surface area contributed by atoms with Crippen molar-refractivity contribution in [1.29, 1.82) is 0 Å². The van der Waals surface area contributed by atoms with Crippen LogP contribution in [0, 0.1) is 0 Å². The molecule has 0 saturated carbocycles. The van der Waals surface area contributed by atoms with E-state index in [1.54, 1.807) is 0 Å². The van der Waals surface area contributed by atoms with E-state index in [2.05, 4.69) is 27.5 Å². The van der Waals surface area contributed by atoms with Crippen LogP contribution >= 0.6 is 0 Å². The van der Waals surface area contributed by atoms with Crippen LogP contribution in [-0.2, 0) is 19.4 Å². The molecule has 7 heteroatoms. The van der Waals surface area contributed by atoms with Crippen molar-refractivity contribution in [3.63, 3.8) is 0 Å². The Labute approximate surface area is 139 Å². The van der Waals surface area contributed by atoms with Gasteiger partial charge in [-0.2, -0.15) is 5.10 Å². The van der Waals surface area contributed by atoms with Gasteiger partial charge in [0.25, 0.3) is 5.91 Å². The minimum absolute atomic E-state index is 0.122. The minimum Gasteiger partial charge on any atom is -0.454 e. The predicted molar refractivity (Wildman–Crippen MR) is 87.2 cm³/mol. The van der Waals surface area contributed by atoms with E-state index in [0.717, 1.165) is 54.3 Å². The number of carbonyl (C=O) groups excluding carboxylic acids is 1. The average Bonchev–Trinajstić information content (AvgIpc) is 3.20. The SMILES string of the molecule is CN1CCc2[nH]nc(C(=O)NCCc3ccc4c(c3)OCO4)c2C1. The molecule has 0 unspecified atom stereocenters. The molecular formula is C17H20N4O3. The smallest absolute Gasteiger partial charge is 0.272 e. The first-order valence-electron chi connectivity index (χ1n) is 8.12. The van der Waals surface area contributed by atoms with Gasteiger partial charge < -0.3 is 19.7 Å². The Morgan fingerprint density at radius 3 is 3.17 bits per heavy atom. The Balaban J connectivity index is 1.36. The van der Waals surface area contributed by atoms with E-state index >= 15 is 0 Å². The minimum atomic E-state index is -0.122. The van der Waals surface area contributed by atoms with Gasteiger partial charge in [-0.25, -0.2) is 0 Å². The molecular weight excluding hydrogens is 308 g/mol. The van der Waals surface area contributed by atoms with Crippen molar-refractivity contribution in [3.8, 4) is 11.5 Å². The number of likely N-dealkylation sites (N-methyl/N-ethyl adjacent to an activating group) is 1. The van der Waals surface area contributed by atoms with Crippen molar-refractivity contribution in [2.24, 2.45) is 0 Å². The number of aromatic amines is 1. The zero-order valence-electron chi connectivity index (χ0n) is 13.6. The highest BCUT2D eigenvalue weighted by atomic mass is 16.7. The highest BCUT2D eigenvalue weighted by Crippen LogP contribution is 2.32. The van der Waals surface area contributed by atoms with Crippen molar-refractivity contribution in [2.75, 3.05) is 26.9 Å². The highest BCUT2D eigenvalue weighted by molar-refractivity contribution is 5.94. The number of rotatable bonds is 4. The fraction of sp³-hybridized carbons (Fsp3) is 0.412. The molecule has 1 aromatic heterocycles. The lowest BCUT2D eigenvalue weighted by Gasteiger charge is -2.22. The number of ether oxygens (including phenoxy) is 2. The summed E-state index contributed by atoms with van der Waals surface area (Å²) in [6, 6.07) is 5.85. The zero-order valence-corrected chi connectivity index (χ0v) is 13.6. The molecule has 126 valence electrons. The number of nitrogens with zero attached hydrogens (tertiary/aromatic N) is 2. The van der Waals surface area contributed by atoms with Crippen LogP contribution in [-0.4, -0.2) is 47.9 Å².